The summed E-state index contributed by atoms with van der Waals surface area (Å²) in [6, 6.07) is 3.88. The molecular weight excluding hydrogens is 206 g/mol. The van der Waals surface area contributed by atoms with Gasteiger partial charge in [0.25, 0.3) is 6.17 Å². The molecule has 2 heterocycles. The summed E-state index contributed by atoms with van der Waals surface area (Å²) in [4.78, 5) is 16.1. The fourth-order valence-corrected chi connectivity index (χ4v) is 1.92. The van der Waals surface area contributed by atoms with Crippen LogP contribution in [0.25, 0.3) is 0 Å². The van der Waals surface area contributed by atoms with E-state index < -0.39 is 6.17 Å². The van der Waals surface area contributed by atoms with Gasteiger partial charge in [-0.3, -0.25) is 15.1 Å². The van der Waals surface area contributed by atoms with E-state index in [2.05, 4.69) is 4.98 Å². The van der Waals surface area contributed by atoms with Gasteiger partial charge in [-0.05, 0) is 24.7 Å². The van der Waals surface area contributed by atoms with Gasteiger partial charge in [0.2, 0.25) is 0 Å². The topological polar surface area (TPSA) is 59.3 Å². The second-order valence-electron chi connectivity index (χ2n) is 3.91. The molecule has 16 heavy (non-hydrogen) atoms. The average Bonchev–Trinajstić information content (AvgIpc) is 2.29. The maximum Gasteiger partial charge on any atom is 0.287 e. The summed E-state index contributed by atoms with van der Waals surface area (Å²) in [5, 5.41) is 10.7. The van der Waals surface area contributed by atoms with Gasteiger partial charge in [0, 0.05) is 35.9 Å². The number of hydrogen-bond donors (Lipinski definition) is 0. The molecule has 84 valence electrons. The van der Waals surface area contributed by atoms with Gasteiger partial charge in [0.15, 0.2) is 0 Å². The first-order valence-electron chi connectivity index (χ1n) is 5.10. The molecule has 0 spiro atoms. The Hall–Kier alpha value is -1.75. The molecule has 2 rings (SSSR count). The lowest BCUT2D eigenvalue weighted by Gasteiger charge is -2.27. The Kier molecular flexibility index (Phi) is 2.96. The van der Waals surface area contributed by atoms with E-state index >= 15 is 0 Å². The molecule has 5 heteroatoms. The molecule has 1 aromatic heterocycles. The van der Waals surface area contributed by atoms with E-state index in [0.717, 1.165) is 5.56 Å². The van der Waals surface area contributed by atoms with Gasteiger partial charge in [0.05, 0.1) is 0 Å². The molecule has 1 aliphatic rings. The van der Waals surface area contributed by atoms with Crippen molar-refractivity contribution in [3.8, 4) is 0 Å². The van der Waals surface area contributed by atoms with Crippen LogP contribution < -0.4 is 0 Å². The lowest BCUT2D eigenvalue weighted by molar-refractivity contribution is -0.536. The quantitative estimate of drug-likeness (QED) is 0.427. The number of pyridine rings is 1. The second-order valence-corrected chi connectivity index (χ2v) is 3.91. The zero-order valence-electron chi connectivity index (χ0n) is 8.98. The molecule has 0 aromatic carbocycles. The van der Waals surface area contributed by atoms with Crippen molar-refractivity contribution in [2.75, 3.05) is 13.6 Å². The summed E-state index contributed by atoms with van der Waals surface area (Å²) < 4.78 is 0. The average molecular weight is 219 g/mol. The van der Waals surface area contributed by atoms with Crippen molar-refractivity contribution in [3.05, 3.63) is 52.4 Å². The van der Waals surface area contributed by atoms with Crippen LogP contribution in [0, 0.1) is 10.1 Å². The van der Waals surface area contributed by atoms with Crippen molar-refractivity contribution in [2.24, 2.45) is 0 Å². The van der Waals surface area contributed by atoms with Crippen LogP contribution in [-0.2, 0) is 0 Å². The molecule has 0 aliphatic carbocycles. The molecule has 0 saturated heterocycles. The molecule has 0 bridgehead atoms. The van der Waals surface area contributed by atoms with Crippen LogP contribution >= 0.6 is 0 Å². The third kappa shape index (κ3) is 2.09. The van der Waals surface area contributed by atoms with Gasteiger partial charge >= 0.3 is 0 Å². The Labute approximate surface area is 93.6 Å². The van der Waals surface area contributed by atoms with E-state index in [1.807, 2.05) is 18.2 Å². The summed E-state index contributed by atoms with van der Waals surface area (Å²) in [6.45, 7) is 0.659. The Morgan fingerprint density at radius 3 is 2.69 bits per heavy atom. The molecule has 2 atom stereocenters. The molecule has 2 unspecified atom stereocenters. The highest BCUT2D eigenvalue weighted by Gasteiger charge is 2.28. The molecule has 0 amide bonds. The number of hydrogen-bond acceptors (Lipinski definition) is 4. The lowest BCUT2D eigenvalue weighted by atomic mass is 9.96. The zero-order valence-corrected chi connectivity index (χ0v) is 8.98. The van der Waals surface area contributed by atoms with Crippen molar-refractivity contribution in [3.63, 3.8) is 0 Å². The van der Waals surface area contributed by atoms with Gasteiger partial charge in [-0.25, -0.2) is 4.90 Å². The SMILES string of the molecule is CN1CC(c2ccncc2)C=CC1[N+](=O)[O-]. The van der Waals surface area contributed by atoms with Crippen molar-refractivity contribution < 1.29 is 4.92 Å². The Bertz CT molecular complexity index is 405. The van der Waals surface area contributed by atoms with E-state index in [1.165, 1.54) is 0 Å². The molecule has 0 radical (unpaired) electrons. The number of nitro groups is 1. The predicted molar refractivity (Wildman–Crippen MR) is 59.5 cm³/mol. The second kappa shape index (κ2) is 4.40. The molecule has 0 saturated carbocycles. The van der Waals surface area contributed by atoms with Gasteiger partial charge in [-0.15, -0.1) is 0 Å². The molecule has 5 nitrogen and oxygen atoms in total. The number of rotatable bonds is 2. The Balaban J connectivity index is 2.18. The van der Waals surface area contributed by atoms with Gasteiger partial charge in [0.1, 0.15) is 0 Å². The smallest absolute Gasteiger partial charge is 0.265 e. The van der Waals surface area contributed by atoms with Crippen molar-refractivity contribution >= 4 is 0 Å². The Morgan fingerprint density at radius 2 is 2.12 bits per heavy atom. The van der Waals surface area contributed by atoms with Crippen LogP contribution in [0.4, 0.5) is 0 Å². The van der Waals surface area contributed by atoms with Crippen LogP contribution in [0.2, 0.25) is 0 Å². The summed E-state index contributed by atoms with van der Waals surface area (Å²) >= 11 is 0. The Morgan fingerprint density at radius 1 is 1.44 bits per heavy atom. The first-order valence-corrected chi connectivity index (χ1v) is 5.10. The van der Waals surface area contributed by atoms with Crippen molar-refractivity contribution in [1.82, 2.24) is 9.88 Å². The minimum atomic E-state index is -0.696. The minimum Gasteiger partial charge on any atom is -0.265 e. The summed E-state index contributed by atoms with van der Waals surface area (Å²) in [6.07, 6.45) is 6.33. The predicted octanol–water partition coefficient (Wildman–Crippen LogP) is 1.27. The number of likely N-dealkylation sites (N-methyl/N-ethyl adjacent to an activating group) is 1. The van der Waals surface area contributed by atoms with E-state index in [0.29, 0.717) is 6.54 Å². The molecule has 1 aliphatic heterocycles. The molecule has 1 aromatic rings. The van der Waals surface area contributed by atoms with Gasteiger partial charge < -0.3 is 0 Å². The van der Waals surface area contributed by atoms with Crippen LogP contribution in [-0.4, -0.2) is 34.6 Å². The molecular formula is C11H13N3O2. The van der Waals surface area contributed by atoms with Crippen LogP contribution in [0.15, 0.2) is 36.7 Å². The standard InChI is InChI=1S/C11H13N3O2/c1-13-8-10(2-3-11(13)14(15)16)9-4-6-12-7-5-9/h2-7,10-11H,8H2,1H3. The number of aromatic nitrogens is 1. The molecule has 0 N–H and O–H groups in total. The summed E-state index contributed by atoms with van der Waals surface area (Å²) in [5.41, 5.74) is 1.14. The highest BCUT2D eigenvalue weighted by Crippen LogP contribution is 2.23. The van der Waals surface area contributed by atoms with E-state index in [-0.39, 0.29) is 10.8 Å². The lowest BCUT2D eigenvalue weighted by Crippen LogP contribution is -2.41. The summed E-state index contributed by atoms with van der Waals surface area (Å²) in [5.74, 6) is 0.212. The largest absolute Gasteiger partial charge is 0.287 e. The third-order valence-corrected chi connectivity index (χ3v) is 2.80. The monoisotopic (exact) mass is 219 g/mol. The van der Waals surface area contributed by atoms with Crippen molar-refractivity contribution in [1.29, 1.82) is 0 Å². The van der Waals surface area contributed by atoms with Gasteiger partial charge in [-0.1, -0.05) is 6.08 Å². The maximum atomic E-state index is 10.7. The highest BCUT2D eigenvalue weighted by atomic mass is 16.6. The zero-order chi connectivity index (χ0) is 11.5. The summed E-state index contributed by atoms with van der Waals surface area (Å²) in [7, 11) is 1.77. The first kappa shape index (κ1) is 10.8. The van der Waals surface area contributed by atoms with Crippen LogP contribution in [0.3, 0.4) is 0 Å². The van der Waals surface area contributed by atoms with Crippen LogP contribution in [0.5, 0.6) is 0 Å². The fourth-order valence-electron chi connectivity index (χ4n) is 1.92. The third-order valence-electron chi connectivity index (χ3n) is 2.80. The fraction of sp³-hybridized carbons (Fsp3) is 0.364. The normalized spacial score (nSPS) is 25.6. The molecule has 0 fully saturated rings. The van der Waals surface area contributed by atoms with E-state index in [1.54, 1.807) is 30.4 Å². The van der Waals surface area contributed by atoms with Gasteiger partial charge in [-0.2, -0.15) is 0 Å². The van der Waals surface area contributed by atoms with Crippen molar-refractivity contribution in [2.45, 2.75) is 12.1 Å². The van der Waals surface area contributed by atoms with Crippen LogP contribution in [0.1, 0.15) is 11.5 Å². The maximum absolute atomic E-state index is 10.7. The number of nitrogens with zero attached hydrogens (tertiary/aromatic N) is 3. The highest BCUT2D eigenvalue weighted by molar-refractivity contribution is 5.23. The minimum absolute atomic E-state index is 0.212. The van der Waals surface area contributed by atoms with E-state index in [9.17, 15) is 10.1 Å². The first-order chi connectivity index (χ1) is 7.68. The van der Waals surface area contributed by atoms with E-state index in [4.69, 9.17) is 0 Å².